The van der Waals surface area contributed by atoms with Crippen molar-refractivity contribution < 1.29 is 9.18 Å². The Balaban J connectivity index is 2.31. The second-order valence-corrected chi connectivity index (χ2v) is 3.96. The average Bonchev–Trinajstić information content (AvgIpc) is 2.45. The van der Waals surface area contributed by atoms with Gasteiger partial charge in [-0.15, -0.1) is 0 Å². The fourth-order valence-corrected chi connectivity index (χ4v) is 1.67. The molecule has 0 aliphatic rings. The molecule has 1 aromatic carbocycles. The second kappa shape index (κ2) is 5.80. The Bertz CT molecular complexity index is 729. The molecule has 20 heavy (non-hydrogen) atoms. The zero-order valence-corrected chi connectivity index (χ0v) is 10.3. The van der Waals surface area contributed by atoms with E-state index in [1.54, 1.807) is 12.1 Å². The maximum Gasteiger partial charge on any atom is 0.261 e. The molecule has 6 heteroatoms. The quantitative estimate of drug-likeness (QED) is 0.828. The summed E-state index contributed by atoms with van der Waals surface area (Å²) in [5.74, 6) is -0.984. The molecule has 0 unspecified atom stereocenters. The van der Waals surface area contributed by atoms with Crippen LogP contribution in [0.3, 0.4) is 0 Å². The Hall–Kier alpha value is -2.94. The first-order valence-electron chi connectivity index (χ1n) is 5.76. The number of carbonyl (C=O) groups excluding carboxylic acids is 1. The van der Waals surface area contributed by atoms with Crippen LogP contribution in [0.2, 0.25) is 0 Å². The predicted molar refractivity (Wildman–Crippen MR) is 70.4 cm³/mol. The third-order valence-electron chi connectivity index (χ3n) is 2.64. The van der Waals surface area contributed by atoms with Crippen molar-refractivity contribution in [1.82, 2.24) is 10.3 Å². The number of nitrogens with one attached hydrogen (secondary N) is 2. The number of rotatable bonds is 3. The van der Waals surface area contributed by atoms with E-state index in [0.717, 1.165) is 0 Å². The molecule has 1 amide bonds. The number of nitrogens with zero attached hydrogens (tertiary/aromatic N) is 1. The minimum Gasteiger partial charge on any atom is -0.339 e. The van der Waals surface area contributed by atoms with Gasteiger partial charge < -0.3 is 10.3 Å². The normalized spacial score (nSPS) is 9.80. The van der Waals surface area contributed by atoms with Gasteiger partial charge in [0, 0.05) is 5.69 Å². The Morgan fingerprint density at radius 3 is 2.55 bits per heavy atom. The Labute approximate surface area is 113 Å². The lowest BCUT2D eigenvalue weighted by molar-refractivity contribution is 0.0957. The van der Waals surface area contributed by atoms with Gasteiger partial charge in [0.05, 0.1) is 6.07 Å². The molecule has 0 radical (unpaired) electrons. The molecule has 0 spiro atoms. The lowest BCUT2D eigenvalue weighted by Gasteiger charge is -2.04. The maximum atomic E-state index is 12.8. The first-order chi connectivity index (χ1) is 9.61. The largest absolute Gasteiger partial charge is 0.339 e. The summed E-state index contributed by atoms with van der Waals surface area (Å²) < 4.78 is 12.8. The van der Waals surface area contributed by atoms with Crippen LogP contribution in [0, 0.1) is 17.1 Å². The smallest absolute Gasteiger partial charge is 0.261 e. The minimum absolute atomic E-state index is 0.0777. The first-order valence-corrected chi connectivity index (χ1v) is 5.76. The van der Waals surface area contributed by atoms with Crippen molar-refractivity contribution in [2.75, 3.05) is 6.54 Å². The summed E-state index contributed by atoms with van der Waals surface area (Å²) in [6.45, 7) is -0.169. The van der Waals surface area contributed by atoms with Gasteiger partial charge in [-0.25, -0.2) is 4.39 Å². The van der Waals surface area contributed by atoms with Crippen molar-refractivity contribution >= 4 is 5.91 Å². The fourth-order valence-electron chi connectivity index (χ4n) is 1.67. The summed E-state index contributed by atoms with van der Waals surface area (Å²) in [6.07, 6.45) is 0. The van der Waals surface area contributed by atoms with E-state index in [1.807, 2.05) is 0 Å². The highest BCUT2D eigenvalue weighted by molar-refractivity contribution is 5.94. The standard InChI is InChI=1S/C14H10FN3O2/c15-10-3-1-9(2-4-10)12-6-5-11(14(20)18-12)13(19)17-8-7-16/h1-6H,8H2,(H,17,19)(H,18,20). The number of carbonyl (C=O) groups is 1. The number of aromatic nitrogens is 1. The molecule has 0 bridgehead atoms. The van der Waals surface area contributed by atoms with Crippen LogP contribution < -0.4 is 10.9 Å². The van der Waals surface area contributed by atoms with E-state index in [4.69, 9.17) is 5.26 Å². The highest BCUT2D eigenvalue weighted by Gasteiger charge is 2.10. The molecule has 100 valence electrons. The summed E-state index contributed by atoms with van der Waals surface area (Å²) in [6, 6.07) is 10.3. The zero-order chi connectivity index (χ0) is 14.5. The van der Waals surface area contributed by atoms with Crippen LogP contribution in [0.1, 0.15) is 10.4 Å². The van der Waals surface area contributed by atoms with Gasteiger partial charge in [-0.05, 0) is 42.0 Å². The minimum atomic E-state index is -0.613. The molecule has 0 saturated heterocycles. The molecule has 0 aliphatic carbocycles. The molecule has 0 atom stereocenters. The average molecular weight is 271 g/mol. The van der Waals surface area contributed by atoms with Crippen molar-refractivity contribution in [3.05, 3.63) is 58.1 Å². The predicted octanol–water partition coefficient (Wildman–Crippen LogP) is 1.43. The van der Waals surface area contributed by atoms with E-state index in [0.29, 0.717) is 11.3 Å². The first kappa shape index (κ1) is 13.5. The van der Waals surface area contributed by atoms with Crippen molar-refractivity contribution in [2.24, 2.45) is 0 Å². The molecule has 0 fully saturated rings. The maximum absolute atomic E-state index is 12.8. The van der Waals surface area contributed by atoms with E-state index in [1.165, 1.54) is 30.3 Å². The van der Waals surface area contributed by atoms with E-state index in [2.05, 4.69) is 10.3 Å². The fraction of sp³-hybridized carbons (Fsp3) is 0.0714. The van der Waals surface area contributed by atoms with E-state index < -0.39 is 11.5 Å². The number of aromatic amines is 1. The van der Waals surface area contributed by atoms with Crippen LogP contribution in [0.4, 0.5) is 4.39 Å². The monoisotopic (exact) mass is 271 g/mol. The number of pyridine rings is 1. The molecule has 2 rings (SSSR count). The lowest BCUT2D eigenvalue weighted by Crippen LogP contribution is -2.29. The Morgan fingerprint density at radius 1 is 1.25 bits per heavy atom. The summed E-state index contributed by atoms with van der Waals surface area (Å²) in [4.78, 5) is 25.9. The molecule has 1 aromatic heterocycles. The lowest BCUT2D eigenvalue weighted by atomic mass is 10.1. The molecular weight excluding hydrogens is 261 g/mol. The van der Waals surface area contributed by atoms with Gasteiger partial charge in [-0.3, -0.25) is 9.59 Å². The number of hydrogen-bond acceptors (Lipinski definition) is 3. The number of halogens is 1. The van der Waals surface area contributed by atoms with E-state index in [9.17, 15) is 14.0 Å². The number of H-pyrrole nitrogens is 1. The van der Waals surface area contributed by atoms with Crippen molar-refractivity contribution in [3.63, 3.8) is 0 Å². The van der Waals surface area contributed by atoms with Gasteiger partial charge >= 0.3 is 0 Å². The van der Waals surface area contributed by atoms with Crippen LogP contribution in [0.25, 0.3) is 11.3 Å². The third kappa shape index (κ3) is 2.90. The number of hydrogen-bond donors (Lipinski definition) is 2. The number of benzene rings is 1. The highest BCUT2D eigenvalue weighted by Crippen LogP contribution is 2.15. The SMILES string of the molecule is N#CCNC(=O)c1ccc(-c2ccc(F)cc2)[nH]c1=O. The molecule has 2 aromatic rings. The number of nitriles is 1. The molecular formula is C14H10FN3O2. The van der Waals surface area contributed by atoms with Gasteiger partial charge in [0.1, 0.15) is 17.9 Å². The molecule has 0 aliphatic heterocycles. The Kier molecular flexibility index (Phi) is 3.91. The van der Waals surface area contributed by atoms with Crippen LogP contribution in [0.15, 0.2) is 41.2 Å². The summed E-state index contributed by atoms with van der Waals surface area (Å²) in [5, 5.41) is 10.7. The van der Waals surface area contributed by atoms with E-state index >= 15 is 0 Å². The van der Waals surface area contributed by atoms with Gasteiger partial charge in [-0.1, -0.05) is 0 Å². The second-order valence-electron chi connectivity index (χ2n) is 3.96. The molecule has 0 saturated carbocycles. The van der Waals surface area contributed by atoms with Crippen LogP contribution in [0.5, 0.6) is 0 Å². The van der Waals surface area contributed by atoms with Gasteiger partial charge in [0.25, 0.3) is 11.5 Å². The highest BCUT2D eigenvalue weighted by atomic mass is 19.1. The van der Waals surface area contributed by atoms with Crippen LogP contribution >= 0.6 is 0 Å². The summed E-state index contributed by atoms with van der Waals surface area (Å²) >= 11 is 0. The molecule has 1 heterocycles. The third-order valence-corrected chi connectivity index (χ3v) is 2.64. The summed E-state index contributed by atoms with van der Waals surface area (Å²) in [5.41, 5.74) is 0.465. The molecule has 5 nitrogen and oxygen atoms in total. The zero-order valence-electron chi connectivity index (χ0n) is 10.3. The Morgan fingerprint density at radius 2 is 1.95 bits per heavy atom. The summed E-state index contributed by atoms with van der Waals surface area (Å²) in [7, 11) is 0. The topological polar surface area (TPSA) is 85.8 Å². The van der Waals surface area contributed by atoms with Crippen LogP contribution in [-0.4, -0.2) is 17.4 Å². The van der Waals surface area contributed by atoms with Gasteiger partial charge in [-0.2, -0.15) is 5.26 Å². The van der Waals surface area contributed by atoms with Gasteiger partial charge in [0.2, 0.25) is 0 Å². The van der Waals surface area contributed by atoms with Crippen molar-refractivity contribution in [3.8, 4) is 17.3 Å². The van der Waals surface area contributed by atoms with Crippen molar-refractivity contribution in [1.29, 1.82) is 5.26 Å². The molecule has 2 N–H and O–H groups in total. The van der Waals surface area contributed by atoms with Crippen molar-refractivity contribution in [2.45, 2.75) is 0 Å². The number of amides is 1. The van der Waals surface area contributed by atoms with E-state index in [-0.39, 0.29) is 17.9 Å². The van der Waals surface area contributed by atoms with Crippen LogP contribution in [-0.2, 0) is 0 Å². The van der Waals surface area contributed by atoms with Gasteiger partial charge in [0.15, 0.2) is 0 Å².